The highest BCUT2D eigenvalue weighted by molar-refractivity contribution is 5.13. The van der Waals surface area contributed by atoms with Gasteiger partial charge >= 0.3 is 0 Å². The van der Waals surface area contributed by atoms with E-state index < -0.39 is 0 Å². The molecular formula is C13H14NO+. The summed E-state index contributed by atoms with van der Waals surface area (Å²) in [5.74, 6) is 0. The van der Waals surface area contributed by atoms with Gasteiger partial charge in [0, 0.05) is 16.4 Å². The molecule has 0 unspecified atom stereocenters. The van der Waals surface area contributed by atoms with Gasteiger partial charge in [-0.1, -0.05) is 30.3 Å². The lowest BCUT2D eigenvalue weighted by Crippen LogP contribution is -2.41. The molecule has 0 aliphatic carbocycles. The van der Waals surface area contributed by atoms with Crippen LogP contribution in [0.2, 0.25) is 0 Å². The molecular weight excluding hydrogens is 186 g/mol. The normalized spacial score (nSPS) is 9.93. The highest BCUT2D eigenvalue weighted by Gasteiger charge is 2.01. The average Bonchev–Trinajstić information content (AvgIpc) is 2.28. The molecule has 0 amide bonds. The number of aryl methyl sites for hydroxylation is 1. The van der Waals surface area contributed by atoms with Crippen molar-refractivity contribution in [3.63, 3.8) is 0 Å². The summed E-state index contributed by atoms with van der Waals surface area (Å²) in [4.78, 5) is 5.59. The minimum Gasteiger partial charge on any atom is -0.267 e. The van der Waals surface area contributed by atoms with E-state index in [2.05, 4.69) is 12.1 Å². The Labute approximate surface area is 89.7 Å². The largest absolute Gasteiger partial charge is 0.267 e. The van der Waals surface area contributed by atoms with Crippen LogP contribution in [0, 0.1) is 6.92 Å². The molecule has 76 valence electrons. The van der Waals surface area contributed by atoms with E-state index in [0.29, 0.717) is 6.61 Å². The summed E-state index contributed by atoms with van der Waals surface area (Å²) in [5, 5.41) is 0. The lowest BCUT2D eigenvalue weighted by Gasteiger charge is -1.99. The third-order valence-corrected chi connectivity index (χ3v) is 2.15. The number of nitrogens with zero attached hydrogens (tertiary/aromatic N) is 1. The van der Waals surface area contributed by atoms with E-state index in [-0.39, 0.29) is 0 Å². The first kappa shape index (κ1) is 9.71. The van der Waals surface area contributed by atoms with Crippen LogP contribution in [0.5, 0.6) is 0 Å². The van der Waals surface area contributed by atoms with Gasteiger partial charge in [0.2, 0.25) is 12.4 Å². The number of pyridine rings is 1. The lowest BCUT2D eigenvalue weighted by molar-refractivity contribution is -0.895. The van der Waals surface area contributed by atoms with Crippen LogP contribution in [0.3, 0.4) is 0 Å². The van der Waals surface area contributed by atoms with E-state index >= 15 is 0 Å². The SMILES string of the molecule is Cc1ccc[n+](OCc2ccccc2)c1. The molecule has 2 nitrogen and oxygen atoms in total. The summed E-state index contributed by atoms with van der Waals surface area (Å²) >= 11 is 0. The van der Waals surface area contributed by atoms with Crippen LogP contribution < -0.4 is 9.57 Å². The summed E-state index contributed by atoms with van der Waals surface area (Å²) < 4.78 is 1.74. The van der Waals surface area contributed by atoms with Crippen molar-refractivity contribution in [3.8, 4) is 0 Å². The van der Waals surface area contributed by atoms with Crippen LogP contribution in [0.15, 0.2) is 54.9 Å². The fourth-order valence-corrected chi connectivity index (χ4v) is 1.37. The summed E-state index contributed by atoms with van der Waals surface area (Å²) in [6.07, 6.45) is 3.86. The lowest BCUT2D eigenvalue weighted by atomic mass is 10.2. The number of hydrogen-bond acceptors (Lipinski definition) is 1. The Morgan fingerprint density at radius 2 is 1.87 bits per heavy atom. The predicted octanol–water partition coefficient (Wildman–Crippen LogP) is 1.91. The molecule has 0 aliphatic heterocycles. The first-order valence-corrected chi connectivity index (χ1v) is 5.00. The zero-order chi connectivity index (χ0) is 10.5. The molecule has 0 saturated heterocycles. The second kappa shape index (κ2) is 4.60. The quantitative estimate of drug-likeness (QED) is 0.690. The highest BCUT2D eigenvalue weighted by atomic mass is 16.7. The molecule has 0 fully saturated rings. The van der Waals surface area contributed by atoms with E-state index in [1.54, 1.807) is 4.73 Å². The third-order valence-electron chi connectivity index (χ3n) is 2.15. The van der Waals surface area contributed by atoms with Crippen molar-refractivity contribution in [2.75, 3.05) is 0 Å². The molecule has 0 bridgehead atoms. The fraction of sp³-hybridized carbons (Fsp3) is 0.154. The maximum absolute atomic E-state index is 5.59. The molecule has 2 heteroatoms. The van der Waals surface area contributed by atoms with E-state index in [1.807, 2.05) is 49.6 Å². The minimum atomic E-state index is 0.592. The molecule has 1 heterocycles. The van der Waals surface area contributed by atoms with Gasteiger partial charge in [-0.3, -0.25) is 4.84 Å². The minimum absolute atomic E-state index is 0.592. The highest BCUT2D eigenvalue weighted by Crippen LogP contribution is 1.97. The number of hydrogen-bond donors (Lipinski definition) is 0. The van der Waals surface area contributed by atoms with E-state index in [1.165, 1.54) is 11.1 Å². The van der Waals surface area contributed by atoms with Crippen molar-refractivity contribution in [2.24, 2.45) is 0 Å². The molecule has 0 atom stereocenters. The second-order valence-electron chi connectivity index (χ2n) is 3.50. The van der Waals surface area contributed by atoms with Crippen molar-refractivity contribution in [3.05, 3.63) is 66.0 Å². The average molecular weight is 200 g/mol. The van der Waals surface area contributed by atoms with Gasteiger partial charge in [0.15, 0.2) is 6.61 Å². The topological polar surface area (TPSA) is 13.1 Å². The van der Waals surface area contributed by atoms with Crippen molar-refractivity contribution < 1.29 is 9.57 Å². The van der Waals surface area contributed by atoms with Crippen LogP contribution in [0.4, 0.5) is 0 Å². The zero-order valence-electron chi connectivity index (χ0n) is 8.76. The monoisotopic (exact) mass is 200 g/mol. The van der Waals surface area contributed by atoms with E-state index in [9.17, 15) is 0 Å². The van der Waals surface area contributed by atoms with Gasteiger partial charge in [0.1, 0.15) is 0 Å². The molecule has 1 aromatic heterocycles. The molecule has 2 aromatic rings. The standard InChI is InChI=1S/C13H14NO/c1-12-6-5-9-14(10-12)15-11-13-7-3-2-4-8-13/h2-10H,11H2,1H3/q+1. The molecule has 0 N–H and O–H groups in total. The van der Waals surface area contributed by atoms with Crippen LogP contribution in [-0.2, 0) is 6.61 Å². The van der Waals surface area contributed by atoms with Crippen molar-refractivity contribution in [1.29, 1.82) is 0 Å². The smallest absolute Gasteiger partial charge is 0.225 e. The third kappa shape index (κ3) is 2.81. The van der Waals surface area contributed by atoms with Crippen LogP contribution in [-0.4, -0.2) is 0 Å². The first-order valence-electron chi connectivity index (χ1n) is 5.00. The van der Waals surface area contributed by atoms with E-state index in [4.69, 9.17) is 4.84 Å². The first-order chi connectivity index (χ1) is 7.34. The van der Waals surface area contributed by atoms with Crippen molar-refractivity contribution in [1.82, 2.24) is 0 Å². The van der Waals surface area contributed by atoms with Gasteiger partial charge in [0.05, 0.1) is 0 Å². The van der Waals surface area contributed by atoms with Crippen LogP contribution >= 0.6 is 0 Å². The molecule has 15 heavy (non-hydrogen) atoms. The number of aromatic nitrogens is 1. The fourth-order valence-electron chi connectivity index (χ4n) is 1.37. The number of benzene rings is 1. The maximum atomic E-state index is 5.59. The van der Waals surface area contributed by atoms with Gasteiger partial charge in [-0.2, -0.15) is 0 Å². The Kier molecular flexibility index (Phi) is 2.98. The molecule has 0 radical (unpaired) electrons. The Balaban J connectivity index is 1.99. The van der Waals surface area contributed by atoms with Crippen molar-refractivity contribution in [2.45, 2.75) is 13.5 Å². The van der Waals surface area contributed by atoms with Gasteiger partial charge in [0.25, 0.3) is 0 Å². The Bertz CT molecular complexity index is 426. The van der Waals surface area contributed by atoms with Crippen LogP contribution in [0.1, 0.15) is 11.1 Å². The second-order valence-corrected chi connectivity index (χ2v) is 3.50. The van der Waals surface area contributed by atoms with Crippen molar-refractivity contribution >= 4 is 0 Å². The summed E-state index contributed by atoms with van der Waals surface area (Å²) in [6.45, 7) is 2.64. The zero-order valence-corrected chi connectivity index (χ0v) is 8.76. The van der Waals surface area contributed by atoms with Crippen LogP contribution in [0.25, 0.3) is 0 Å². The summed E-state index contributed by atoms with van der Waals surface area (Å²) in [7, 11) is 0. The maximum Gasteiger partial charge on any atom is 0.225 e. The predicted molar refractivity (Wildman–Crippen MR) is 58.1 cm³/mol. The summed E-state index contributed by atoms with van der Waals surface area (Å²) in [5.41, 5.74) is 2.36. The molecule has 2 rings (SSSR count). The van der Waals surface area contributed by atoms with Gasteiger partial charge in [-0.15, -0.1) is 0 Å². The van der Waals surface area contributed by atoms with Gasteiger partial charge in [-0.25, -0.2) is 0 Å². The molecule has 0 spiro atoms. The van der Waals surface area contributed by atoms with Gasteiger partial charge < -0.3 is 0 Å². The summed E-state index contributed by atoms with van der Waals surface area (Å²) in [6, 6.07) is 14.2. The number of rotatable bonds is 3. The Morgan fingerprint density at radius 1 is 1.07 bits per heavy atom. The Morgan fingerprint density at radius 3 is 2.60 bits per heavy atom. The van der Waals surface area contributed by atoms with E-state index in [0.717, 1.165) is 0 Å². The molecule has 0 aliphatic rings. The Hall–Kier alpha value is -1.83. The molecule has 0 saturated carbocycles. The van der Waals surface area contributed by atoms with Gasteiger partial charge in [-0.05, 0) is 18.6 Å². The molecule has 1 aromatic carbocycles.